The molecule has 0 aliphatic carbocycles. The molecule has 1 amide bonds. The highest BCUT2D eigenvalue weighted by atomic mass is 19.1. The molecular formula is C32H33FN10O. The van der Waals surface area contributed by atoms with Crippen LogP contribution in [0, 0.1) is 5.82 Å². The normalized spacial score (nSPS) is 11.6. The van der Waals surface area contributed by atoms with Crippen molar-refractivity contribution in [3.63, 3.8) is 0 Å². The molecular weight excluding hydrogens is 559 g/mol. The van der Waals surface area contributed by atoms with Gasteiger partial charge in [0.2, 0.25) is 5.91 Å². The molecule has 5 heterocycles. The number of aromatic amines is 2. The first-order valence-electron chi connectivity index (χ1n) is 14.1. The van der Waals surface area contributed by atoms with Gasteiger partial charge in [0.1, 0.15) is 11.5 Å². The molecule has 4 N–H and O–H groups in total. The zero-order valence-electron chi connectivity index (χ0n) is 24.9. The van der Waals surface area contributed by atoms with Crippen LogP contribution in [0.3, 0.4) is 0 Å². The van der Waals surface area contributed by atoms with Crippen LogP contribution in [-0.2, 0) is 4.79 Å². The van der Waals surface area contributed by atoms with E-state index in [1.54, 1.807) is 35.9 Å². The number of carbonyl (C=O) groups is 1. The topological polar surface area (TPSA) is 131 Å². The Morgan fingerprint density at radius 2 is 1.64 bits per heavy atom. The van der Waals surface area contributed by atoms with E-state index in [4.69, 9.17) is 0 Å². The van der Waals surface area contributed by atoms with Crippen molar-refractivity contribution in [2.45, 2.75) is 0 Å². The van der Waals surface area contributed by atoms with E-state index in [0.29, 0.717) is 29.3 Å². The van der Waals surface area contributed by atoms with E-state index >= 15 is 0 Å². The Morgan fingerprint density at radius 3 is 2.45 bits per heavy atom. The van der Waals surface area contributed by atoms with Gasteiger partial charge in [-0.3, -0.25) is 19.9 Å². The number of benzene rings is 1. The number of hydrogen-bond donors (Lipinski definition) is 4. The molecule has 0 fully saturated rings. The van der Waals surface area contributed by atoms with Gasteiger partial charge in [0.15, 0.2) is 5.65 Å². The summed E-state index contributed by atoms with van der Waals surface area (Å²) in [4.78, 5) is 32.9. The average molecular weight is 593 g/mol. The molecule has 44 heavy (non-hydrogen) atoms. The summed E-state index contributed by atoms with van der Waals surface area (Å²) in [5, 5.41) is 15.5. The molecule has 0 saturated heterocycles. The van der Waals surface area contributed by atoms with Crippen molar-refractivity contribution in [3.05, 3.63) is 73.2 Å². The van der Waals surface area contributed by atoms with Gasteiger partial charge in [0.25, 0.3) is 0 Å². The number of aromatic nitrogens is 6. The lowest BCUT2D eigenvalue weighted by atomic mass is 10.0. The standard InChI is InChI=1S/C32H33FN10O/c1-42(2)6-5-36-23-8-19(7-22(33)11-23)27-16-35-17-29-25(27)12-28(39-29)31-26-10-21(14-37-32(26)41-40-31)20-9-24(15-34-13-20)38-30(44)18-43(3)4/h7-17,36,39H,5-6,18H2,1-4H3,(H,38,44)(H,37,40,41). The van der Waals surface area contributed by atoms with Gasteiger partial charge in [-0.2, -0.15) is 5.10 Å². The van der Waals surface area contributed by atoms with Gasteiger partial charge in [-0.25, -0.2) is 9.37 Å². The molecule has 0 radical (unpaired) electrons. The fraction of sp³-hybridized carbons (Fsp3) is 0.219. The number of amides is 1. The maximum atomic E-state index is 14.7. The van der Waals surface area contributed by atoms with E-state index in [-0.39, 0.29) is 18.3 Å². The van der Waals surface area contributed by atoms with Gasteiger partial charge < -0.3 is 25.4 Å². The molecule has 5 aromatic heterocycles. The van der Waals surface area contributed by atoms with Crippen molar-refractivity contribution in [2.24, 2.45) is 0 Å². The smallest absolute Gasteiger partial charge is 0.238 e. The summed E-state index contributed by atoms with van der Waals surface area (Å²) in [6.07, 6.45) is 8.59. The minimum absolute atomic E-state index is 0.123. The summed E-state index contributed by atoms with van der Waals surface area (Å²) < 4.78 is 14.7. The number of pyridine rings is 3. The molecule has 0 bridgehead atoms. The summed E-state index contributed by atoms with van der Waals surface area (Å²) in [5.41, 5.74) is 7.35. The zero-order valence-corrected chi connectivity index (χ0v) is 24.9. The van der Waals surface area contributed by atoms with Crippen molar-refractivity contribution in [2.75, 3.05) is 58.5 Å². The van der Waals surface area contributed by atoms with Gasteiger partial charge in [-0.1, -0.05) is 0 Å². The molecule has 0 aliphatic rings. The molecule has 0 aliphatic heterocycles. The Labute approximate surface area is 253 Å². The highest BCUT2D eigenvalue weighted by molar-refractivity contribution is 6.01. The van der Waals surface area contributed by atoms with Crippen molar-refractivity contribution in [1.82, 2.24) is 39.9 Å². The molecule has 0 spiro atoms. The Hall–Kier alpha value is -5.20. The predicted octanol–water partition coefficient (Wildman–Crippen LogP) is 4.84. The molecule has 0 atom stereocenters. The second kappa shape index (κ2) is 12.2. The van der Waals surface area contributed by atoms with Gasteiger partial charge in [-0.05, 0) is 70.2 Å². The lowest BCUT2D eigenvalue weighted by molar-refractivity contribution is -0.116. The van der Waals surface area contributed by atoms with Crippen LogP contribution in [0.4, 0.5) is 15.8 Å². The van der Waals surface area contributed by atoms with Crippen LogP contribution in [0.2, 0.25) is 0 Å². The number of hydrogen-bond acceptors (Lipinski definition) is 8. The lowest BCUT2D eigenvalue weighted by Crippen LogP contribution is -2.27. The highest BCUT2D eigenvalue weighted by Crippen LogP contribution is 2.35. The maximum Gasteiger partial charge on any atom is 0.238 e. The Morgan fingerprint density at radius 1 is 0.841 bits per heavy atom. The fourth-order valence-electron chi connectivity index (χ4n) is 5.10. The first kappa shape index (κ1) is 28.9. The van der Waals surface area contributed by atoms with E-state index in [9.17, 15) is 9.18 Å². The number of anilines is 2. The van der Waals surface area contributed by atoms with Crippen LogP contribution in [0.5, 0.6) is 0 Å². The largest absolute Gasteiger partial charge is 0.384 e. The van der Waals surface area contributed by atoms with Crippen molar-refractivity contribution in [3.8, 4) is 33.6 Å². The van der Waals surface area contributed by atoms with E-state index in [2.05, 4.69) is 45.7 Å². The van der Waals surface area contributed by atoms with Crippen LogP contribution < -0.4 is 10.6 Å². The van der Waals surface area contributed by atoms with Crippen LogP contribution in [-0.4, -0.2) is 93.7 Å². The first-order chi connectivity index (χ1) is 21.2. The number of likely N-dealkylation sites (N-methyl/N-ethyl adjacent to an activating group) is 2. The minimum atomic E-state index is -0.324. The second-order valence-corrected chi connectivity index (χ2v) is 11.2. The monoisotopic (exact) mass is 592 g/mol. The van der Waals surface area contributed by atoms with Crippen molar-refractivity contribution in [1.29, 1.82) is 0 Å². The fourth-order valence-corrected chi connectivity index (χ4v) is 5.10. The van der Waals surface area contributed by atoms with Crippen molar-refractivity contribution < 1.29 is 9.18 Å². The van der Waals surface area contributed by atoms with E-state index in [0.717, 1.165) is 50.8 Å². The van der Waals surface area contributed by atoms with Gasteiger partial charge in [0.05, 0.1) is 35.8 Å². The Kier molecular flexibility index (Phi) is 8.01. The summed E-state index contributed by atoms with van der Waals surface area (Å²) in [6.45, 7) is 1.79. The van der Waals surface area contributed by atoms with Crippen LogP contribution in [0.1, 0.15) is 0 Å². The van der Waals surface area contributed by atoms with Gasteiger partial charge in [0, 0.05) is 64.8 Å². The number of halogens is 1. The molecule has 11 nitrogen and oxygen atoms in total. The quantitative estimate of drug-likeness (QED) is 0.178. The molecule has 0 unspecified atom stereocenters. The Bertz CT molecular complexity index is 1960. The number of nitrogens with one attached hydrogen (secondary N) is 4. The molecule has 224 valence electrons. The number of H-pyrrole nitrogens is 2. The van der Waals surface area contributed by atoms with Crippen LogP contribution in [0.15, 0.2) is 67.4 Å². The van der Waals surface area contributed by atoms with E-state index < -0.39 is 0 Å². The summed E-state index contributed by atoms with van der Waals surface area (Å²) in [5.74, 6) is -0.447. The summed E-state index contributed by atoms with van der Waals surface area (Å²) >= 11 is 0. The van der Waals surface area contributed by atoms with E-state index in [1.807, 2.05) is 52.5 Å². The zero-order chi connectivity index (χ0) is 30.8. The Balaban J connectivity index is 1.33. The summed E-state index contributed by atoms with van der Waals surface area (Å²) in [7, 11) is 7.67. The van der Waals surface area contributed by atoms with Gasteiger partial charge in [-0.15, -0.1) is 0 Å². The third kappa shape index (κ3) is 6.26. The molecule has 1 aromatic carbocycles. The van der Waals surface area contributed by atoms with E-state index in [1.165, 1.54) is 12.1 Å². The molecule has 6 rings (SSSR count). The number of rotatable bonds is 10. The first-order valence-corrected chi connectivity index (χ1v) is 14.1. The average Bonchev–Trinajstić information content (AvgIpc) is 3.60. The van der Waals surface area contributed by atoms with Gasteiger partial charge >= 0.3 is 0 Å². The lowest BCUT2D eigenvalue weighted by Gasteiger charge is -2.13. The SMILES string of the molecule is CN(C)CCNc1cc(F)cc(-c2cncc3[nH]c(-c4n[nH]c5ncc(-c6cncc(NC(=O)CN(C)C)c6)cc45)cc23)c1. The van der Waals surface area contributed by atoms with Crippen LogP contribution >= 0.6 is 0 Å². The third-order valence-corrected chi connectivity index (χ3v) is 7.13. The van der Waals surface area contributed by atoms with Crippen molar-refractivity contribution >= 4 is 39.2 Å². The predicted molar refractivity (Wildman–Crippen MR) is 172 cm³/mol. The number of fused-ring (bicyclic) bond motifs is 2. The molecule has 12 heteroatoms. The second-order valence-electron chi connectivity index (χ2n) is 11.2. The summed E-state index contributed by atoms with van der Waals surface area (Å²) in [6, 6.07) is 10.8. The molecule has 0 saturated carbocycles. The minimum Gasteiger partial charge on any atom is -0.384 e. The number of nitrogens with zero attached hydrogens (tertiary/aromatic N) is 6. The number of carbonyl (C=O) groups excluding carboxylic acids is 1. The third-order valence-electron chi connectivity index (χ3n) is 7.13. The maximum absolute atomic E-state index is 14.7. The van der Waals surface area contributed by atoms with Crippen LogP contribution in [0.25, 0.3) is 55.6 Å². The molecule has 6 aromatic rings. The highest BCUT2D eigenvalue weighted by Gasteiger charge is 2.16.